The zero-order valence-corrected chi connectivity index (χ0v) is 12.2. The second-order valence-corrected chi connectivity index (χ2v) is 4.97. The second-order valence-electron chi connectivity index (χ2n) is 4.15. The molecule has 0 unspecified atom stereocenters. The van der Waals surface area contributed by atoms with Crippen molar-refractivity contribution in [2.75, 3.05) is 10.6 Å². The smallest absolute Gasteiger partial charge is 0.308 e. The van der Waals surface area contributed by atoms with Crippen LogP contribution in [0.15, 0.2) is 36.4 Å². The molecule has 9 heteroatoms. The number of carbonyl (C=O) groups excluding carboxylic acids is 1. The first-order chi connectivity index (χ1) is 10.2. The van der Waals surface area contributed by atoms with E-state index in [9.17, 15) is 18.0 Å². The van der Waals surface area contributed by atoms with Gasteiger partial charge in [0, 0.05) is 10.7 Å². The molecule has 22 heavy (non-hydrogen) atoms. The number of nitrogens with one attached hydrogen (secondary N) is 2. The minimum atomic E-state index is -4.59. The Labute approximate surface area is 133 Å². The summed E-state index contributed by atoms with van der Waals surface area (Å²) < 4.78 is 37.9. The number of rotatable bonds is 2. The van der Waals surface area contributed by atoms with Gasteiger partial charge in [0.05, 0.1) is 5.56 Å². The summed E-state index contributed by atoms with van der Waals surface area (Å²) in [4.78, 5) is 15.3. The molecule has 2 aromatic rings. The summed E-state index contributed by atoms with van der Waals surface area (Å²) in [6.07, 6.45) is -4.59. The van der Waals surface area contributed by atoms with Gasteiger partial charge < -0.3 is 5.32 Å². The molecule has 116 valence electrons. The van der Waals surface area contributed by atoms with Crippen LogP contribution in [0.3, 0.4) is 0 Å². The van der Waals surface area contributed by atoms with E-state index in [4.69, 9.17) is 23.2 Å². The third-order valence-electron chi connectivity index (χ3n) is 2.45. The zero-order valence-electron chi connectivity index (χ0n) is 10.7. The largest absolute Gasteiger partial charge is 0.416 e. The highest BCUT2D eigenvalue weighted by atomic mass is 35.5. The number of carbonyl (C=O) groups is 1. The molecule has 0 aliphatic carbocycles. The predicted molar refractivity (Wildman–Crippen MR) is 78.3 cm³/mol. The Morgan fingerprint density at radius 1 is 1.09 bits per heavy atom. The molecule has 2 amide bonds. The van der Waals surface area contributed by atoms with Crippen molar-refractivity contribution in [3.8, 4) is 0 Å². The molecular formula is C13H8Cl2F3N3O. The number of hydrogen-bond donors (Lipinski definition) is 2. The van der Waals surface area contributed by atoms with E-state index in [2.05, 4.69) is 15.6 Å². The maximum Gasteiger partial charge on any atom is 0.416 e. The molecule has 0 radical (unpaired) electrons. The first-order valence-corrected chi connectivity index (χ1v) is 6.58. The second kappa shape index (κ2) is 6.41. The van der Waals surface area contributed by atoms with Crippen LogP contribution in [0.1, 0.15) is 5.56 Å². The van der Waals surface area contributed by atoms with Crippen molar-refractivity contribution in [3.05, 3.63) is 52.1 Å². The number of halogens is 5. The Hall–Kier alpha value is -1.99. The molecule has 2 N–H and O–H groups in total. The van der Waals surface area contributed by atoms with Gasteiger partial charge in [-0.1, -0.05) is 29.3 Å². The van der Waals surface area contributed by atoms with Gasteiger partial charge in [-0.15, -0.1) is 0 Å². The number of pyridine rings is 1. The predicted octanol–water partition coefficient (Wildman–Crippen LogP) is 5.05. The molecule has 0 fully saturated rings. The maximum absolute atomic E-state index is 12.6. The van der Waals surface area contributed by atoms with E-state index in [1.165, 1.54) is 6.07 Å². The van der Waals surface area contributed by atoms with Crippen LogP contribution >= 0.6 is 23.2 Å². The van der Waals surface area contributed by atoms with E-state index in [1.54, 1.807) is 18.2 Å². The fraction of sp³-hybridized carbons (Fsp3) is 0.0769. The molecule has 0 spiro atoms. The third-order valence-corrected chi connectivity index (χ3v) is 2.87. The van der Waals surface area contributed by atoms with E-state index in [0.717, 1.165) is 0 Å². The van der Waals surface area contributed by atoms with Gasteiger partial charge in [-0.3, -0.25) is 5.32 Å². The zero-order chi connectivity index (χ0) is 16.3. The molecule has 0 saturated heterocycles. The summed E-state index contributed by atoms with van der Waals surface area (Å²) in [6.45, 7) is 0. The molecule has 0 atom stereocenters. The van der Waals surface area contributed by atoms with E-state index >= 15 is 0 Å². The highest BCUT2D eigenvalue weighted by Crippen LogP contribution is 2.31. The van der Waals surface area contributed by atoms with Crippen molar-refractivity contribution in [2.45, 2.75) is 6.18 Å². The van der Waals surface area contributed by atoms with Crippen LogP contribution in [0.5, 0.6) is 0 Å². The third kappa shape index (κ3) is 4.51. The number of amides is 2. The Morgan fingerprint density at radius 2 is 1.82 bits per heavy atom. The summed E-state index contributed by atoms with van der Waals surface area (Å²) in [5.41, 5.74) is -0.631. The Morgan fingerprint density at radius 3 is 2.45 bits per heavy atom. The summed E-state index contributed by atoms with van der Waals surface area (Å²) in [7, 11) is 0. The van der Waals surface area contributed by atoms with Gasteiger partial charge >= 0.3 is 12.2 Å². The fourth-order valence-electron chi connectivity index (χ4n) is 1.57. The normalized spacial score (nSPS) is 11.1. The summed E-state index contributed by atoms with van der Waals surface area (Å²) >= 11 is 11.3. The van der Waals surface area contributed by atoms with Crippen LogP contribution in [0.25, 0.3) is 0 Å². The summed E-state index contributed by atoms with van der Waals surface area (Å²) in [5.74, 6) is -0.320. The number of hydrogen-bond acceptors (Lipinski definition) is 2. The summed E-state index contributed by atoms with van der Waals surface area (Å²) in [6, 6.07) is 6.84. The Balaban J connectivity index is 2.13. The number of aromatic nitrogens is 1. The van der Waals surface area contributed by atoms with Crippen molar-refractivity contribution in [1.82, 2.24) is 4.98 Å². The standard InChI is InChI=1S/C13H8Cl2F3N3O/c14-8-2-1-3-9(6-8)19-12(22)21-11-5-7(13(16,17)18)4-10(15)20-11/h1-6H,(H2,19,20,21,22). The quantitative estimate of drug-likeness (QED) is 0.745. The molecule has 0 aliphatic rings. The highest BCUT2D eigenvalue weighted by molar-refractivity contribution is 6.31. The van der Waals surface area contributed by atoms with Crippen LogP contribution < -0.4 is 10.6 Å². The Kier molecular flexibility index (Phi) is 4.77. The molecule has 4 nitrogen and oxygen atoms in total. The van der Waals surface area contributed by atoms with Crippen LogP contribution in [0.2, 0.25) is 10.2 Å². The molecule has 1 aromatic heterocycles. The Bertz CT molecular complexity index is 707. The maximum atomic E-state index is 12.6. The van der Waals surface area contributed by atoms with Crippen molar-refractivity contribution < 1.29 is 18.0 Å². The number of nitrogens with zero attached hydrogens (tertiary/aromatic N) is 1. The van der Waals surface area contributed by atoms with Crippen LogP contribution in [-0.2, 0) is 6.18 Å². The molecule has 0 bridgehead atoms. The minimum Gasteiger partial charge on any atom is -0.308 e. The summed E-state index contributed by atoms with van der Waals surface area (Å²) in [5, 5.41) is 4.60. The van der Waals surface area contributed by atoms with Crippen LogP contribution in [0.4, 0.5) is 29.5 Å². The van der Waals surface area contributed by atoms with Crippen molar-refractivity contribution in [2.24, 2.45) is 0 Å². The van der Waals surface area contributed by atoms with Gasteiger partial charge in [-0.25, -0.2) is 9.78 Å². The molecular weight excluding hydrogens is 342 g/mol. The van der Waals surface area contributed by atoms with Gasteiger partial charge in [-0.05, 0) is 30.3 Å². The van der Waals surface area contributed by atoms with E-state index in [0.29, 0.717) is 22.8 Å². The lowest BCUT2D eigenvalue weighted by Gasteiger charge is -2.11. The number of alkyl halides is 3. The average molecular weight is 350 g/mol. The lowest BCUT2D eigenvalue weighted by atomic mass is 10.2. The molecule has 0 saturated carbocycles. The minimum absolute atomic E-state index is 0.320. The van der Waals surface area contributed by atoms with E-state index in [-0.39, 0.29) is 11.0 Å². The van der Waals surface area contributed by atoms with Crippen LogP contribution in [-0.4, -0.2) is 11.0 Å². The fourth-order valence-corrected chi connectivity index (χ4v) is 1.97. The molecule has 2 rings (SSSR count). The molecule has 1 aromatic carbocycles. The van der Waals surface area contributed by atoms with E-state index < -0.39 is 17.8 Å². The SMILES string of the molecule is O=C(Nc1cccc(Cl)c1)Nc1cc(C(F)(F)F)cc(Cl)n1. The topological polar surface area (TPSA) is 54.0 Å². The average Bonchev–Trinajstić information content (AvgIpc) is 2.36. The monoisotopic (exact) mass is 349 g/mol. The molecule has 0 aliphatic heterocycles. The van der Waals surface area contributed by atoms with Gasteiger partial charge in [-0.2, -0.15) is 13.2 Å². The van der Waals surface area contributed by atoms with Gasteiger partial charge in [0.25, 0.3) is 0 Å². The first-order valence-electron chi connectivity index (χ1n) is 5.82. The van der Waals surface area contributed by atoms with Gasteiger partial charge in [0.1, 0.15) is 11.0 Å². The van der Waals surface area contributed by atoms with Crippen LogP contribution in [0, 0.1) is 0 Å². The number of anilines is 2. The molecule has 1 heterocycles. The number of benzene rings is 1. The van der Waals surface area contributed by atoms with Crippen molar-refractivity contribution >= 4 is 40.7 Å². The lowest BCUT2D eigenvalue weighted by molar-refractivity contribution is -0.137. The van der Waals surface area contributed by atoms with Crippen molar-refractivity contribution in [1.29, 1.82) is 0 Å². The number of urea groups is 1. The lowest BCUT2D eigenvalue weighted by Crippen LogP contribution is -2.20. The van der Waals surface area contributed by atoms with Gasteiger partial charge in [0.15, 0.2) is 0 Å². The first kappa shape index (κ1) is 16.4. The van der Waals surface area contributed by atoms with E-state index in [1.807, 2.05) is 0 Å². The highest BCUT2D eigenvalue weighted by Gasteiger charge is 2.31. The van der Waals surface area contributed by atoms with Gasteiger partial charge in [0.2, 0.25) is 0 Å². The van der Waals surface area contributed by atoms with Crippen molar-refractivity contribution in [3.63, 3.8) is 0 Å².